The Balaban J connectivity index is 1.40. The van der Waals surface area contributed by atoms with E-state index < -0.39 is 0 Å². The Kier molecular flexibility index (Phi) is 4.60. The summed E-state index contributed by atoms with van der Waals surface area (Å²) in [5.74, 6) is 0.515. The van der Waals surface area contributed by atoms with Crippen molar-refractivity contribution in [2.45, 2.75) is 25.1 Å². The van der Waals surface area contributed by atoms with Gasteiger partial charge in [0.15, 0.2) is 0 Å². The highest BCUT2D eigenvalue weighted by Gasteiger charge is 2.43. The quantitative estimate of drug-likeness (QED) is 0.853. The average molecular weight is 328 g/mol. The fraction of sp³-hybridized carbons (Fsp3) is 0.556. The third kappa shape index (κ3) is 3.66. The molecule has 0 radical (unpaired) electrons. The maximum Gasteiger partial charge on any atom is 0.104 e. The van der Waals surface area contributed by atoms with Crippen molar-refractivity contribution < 1.29 is 9.47 Å². The van der Waals surface area contributed by atoms with Gasteiger partial charge in [-0.1, -0.05) is 6.07 Å². The molecular weight excluding hydrogens is 304 g/mol. The zero-order chi connectivity index (χ0) is 16.2. The number of aromatic nitrogens is 3. The molecule has 0 aromatic carbocycles. The Morgan fingerprint density at radius 3 is 3.12 bits per heavy atom. The number of imidazole rings is 1. The highest BCUT2D eigenvalue weighted by atomic mass is 16.5. The van der Waals surface area contributed by atoms with Crippen molar-refractivity contribution in [3.05, 3.63) is 48.8 Å². The van der Waals surface area contributed by atoms with Gasteiger partial charge in [0.05, 0.1) is 26.1 Å². The van der Waals surface area contributed by atoms with Crippen LogP contribution in [0.2, 0.25) is 0 Å². The van der Waals surface area contributed by atoms with Crippen LogP contribution in [0.1, 0.15) is 12.0 Å². The number of pyridine rings is 1. The second-order valence-corrected chi connectivity index (χ2v) is 6.95. The van der Waals surface area contributed by atoms with Crippen molar-refractivity contribution in [2.75, 3.05) is 32.9 Å². The molecule has 6 heteroatoms. The Bertz CT molecular complexity index is 634. The predicted octanol–water partition coefficient (Wildman–Crippen LogP) is 1.59. The van der Waals surface area contributed by atoms with Crippen LogP contribution in [0.15, 0.2) is 43.2 Å². The molecule has 24 heavy (non-hydrogen) atoms. The molecule has 2 atom stereocenters. The third-order valence-corrected chi connectivity index (χ3v) is 4.87. The van der Waals surface area contributed by atoms with Crippen molar-refractivity contribution in [3.8, 4) is 0 Å². The van der Waals surface area contributed by atoms with Crippen LogP contribution >= 0.6 is 0 Å². The topological polar surface area (TPSA) is 52.4 Å². The molecule has 2 aromatic heterocycles. The van der Waals surface area contributed by atoms with E-state index >= 15 is 0 Å². The summed E-state index contributed by atoms with van der Waals surface area (Å²) >= 11 is 0. The molecule has 0 unspecified atom stereocenters. The van der Waals surface area contributed by atoms with E-state index in [2.05, 4.69) is 25.5 Å². The van der Waals surface area contributed by atoms with Crippen molar-refractivity contribution in [1.82, 2.24) is 19.4 Å². The first kappa shape index (κ1) is 15.7. The van der Waals surface area contributed by atoms with Gasteiger partial charge in [0.1, 0.15) is 5.60 Å². The predicted molar refractivity (Wildman–Crippen MR) is 89.4 cm³/mol. The molecule has 0 bridgehead atoms. The zero-order valence-electron chi connectivity index (χ0n) is 13.9. The summed E-state index contributed by atoms with van der Waals surface area (Å²) in [5.41, 5.74) is 1.06. The summed E-state index contributed by atoms with van der Waals surface area (Å²) < 4.78 is 14.3. The summed E-state index contributed by atoms with van der Waals surface area (Å²) in [4.78, 5) is 10.8. The molecule has 6 nitrogen and oxygen atoms in total. The molecule has 1 spiro atoms. The smallest absolute Gasteiger partial charge is 0.104 e. The second-order valence-electron chi connectivity index (χ2n) is 6.95. The van der Waals surface area contributed by atoms with Crippen LogP contribution in [-0.4, -0.2) is 57.9 Å². The first-order valence-corrected chi connectivity index (χ1v) is 8.60. The van der Waals surface area contributed by atoms with Gasteiger partial charge >= 0.3 is 0 Å². The van der Waals surface area contributed by atoms with E-state index in [0.29, 0.717) is 12.5 Å². The molecular formula is C18H24N4O2. The summed E-state index contributed by atoms with van der Waals surface area (Å²) in [7, 11) is 0. The van der Waals surface area contributed by atoms with Crippen molar-refractivity contribution in [2.24, 2.45) is 5.92 Å². The Morgan fingerprint density at radius 1 is 1.29 bits per heavy atom. The molecule has 2 fully saturated rings. The van der Waals surface area contributed by atoms with Gasteiger partial charge in [-0.05, 0) is 18.1 Å². The lowest BCUT2D eigenvalue weighted by molar-refractivity contribution is -0.0563. The second kappa shape index (κ2) is 7.01. The maximum absolute atomic E-state index is 6.27. The highest BCUT2D eigenvalue weighted by molar-refractivity contribution is 5.08. The lowest BCUT2D eigenvalue weighted by Gasteiger charge is -2.31. The first-order chi connectivity index (χ1) is 11.8. The molecule has 0 saturated carbocycles. The molecule has 0 amide bonds. The van der Waals surface area contributed by atoms with Crippen LogP contribution in [0.5, 0.6) is 0 Å². The van der Waals surface area contributed by atoms with Gasteiger partial charge < -0.3 is 14.0 Å². The van der Waals surface area contributed by atoms with E-state index in [-0.39, 0.29) is 5.60 Å². The summed E-state index contributed by atoms with van der Waals surface area (Å²) in [6.07, 6.45) is 10.5. The third-order valence-electron chi connectivity index (χ3n) is 4.87. The van der Waals surface area contributed by atoms with E-state index in [1.165, 1.54) is 5.56 Å². The van der Waals surface area contributed by atoms with Gasteiger partial charge in [0.25, 0.3) is 0 Å². The Labute approximate surface area is 142 Å². The number of ether oxygens (including phenoxy) is 2. The van der Waals surface area contributed by atoms with Gasteiger partial charge in [-0.15, -0.1) is 0 Å². The van der Waals surface area contributed by atoms with Crippen molar-refractivity contribution >= 4 is 0 Å². The molecule has 2 saturated heterocycles. The zero-order valence-corrected chi connectivity index (χ0v) is 13.9. The van der Waals surface area contributed by atoms with Gasteiger partial charge in [-0.2, -0.15) is 0 Å². The summed E-state index contributed by atoms with van der Waals surface area (Å²) in [6, 6.07) is 4.12. The molecule has 4 rings (SSSR count). The van der Waals surface area contributed by atoms with Gasteiger partial charge in [-0.3, -0.25) is 9.88 Å². The molecule has 2 aliphatic rings. The SMILES string of the molecule is c1cncc(CN2CCOC[C@@]3(C[C@@H](Cn4ccnc4)CO3)C2)c1. The number of hydrogen-bond donors (Lipinski definition) is 0. The largest absolute Gasteiger partial charge is 0.377 e. The molecule has 2 aliphatic heterocycles. The normalized spacial score (nSPS) is 28.2. The van der Waals surface area contributed by atoms with Crippen LogP contribution in [0, 0.1) is 5.92 Å². The minimum Gasteiger partial charge on any atom is -0.377 e. The fourth-order valence-electron chi connectivity index (χ4n) is 3.83. The van der Waals surface area contributed by atoms with Crippen molar-refractivity contribution in [1.29, 1.82) is 0 Å². The van der Waals surface area contributed by atoms with Crippen LogP contribution in [0.3, 0.4) is 0 Å². The van der Waals surface area contributed by atoms with E-state index in [9.17, 15) is 0 Å². The fourth-order valence-corrected chi connectivity index (χ4v) is 3.83. The molecule has 0 aliphatic carbocycles. The summed E-state index contributed by atoms with van der Waals surface area (Å²) in [6.45, 7) is 5.96. The maximum atomic E-state index is 6.27. The summed E-state index contributed by atoms with van der Waals surface area (Å²) in [5, 5.41) is 0. The number of nitrogens with zero attached hydrogens (tertiary/aromatic N) is 4. The van der Waals surface area contributed by atoms with E-state index in [1.807, 2.05) is 37.2 Å². The minimum atomic E-state index is -0.177. The average Bonchev–Trinajstić information content (AvgIpc) is 3.19. The van der Waals surface area contributed by atoms with Crippen LogP contribution < -0.4 is 0 Å². The first-order valence-electron chi connectivity index (χ1n) is 8.60. The standard InChI is InChI=1S/C18H24N4O2/c1-2-16(9-19-3-1)10-21-6-7-23-14-18(13-21)8-17(12-24-18)11-22-5-4-20-15-22/h1-5,9,15,17H,6-8,10-14H2/t17-,18+/m0/s1. The van der Waals surface area contributed by atoms with Crippen LogP contribution in [0.25, 0.3) is 0 Å². The lowest BCUT2D eigenvalue weighted by atomic mass is 9.94. The Morgan fingerprint density at radius 2 is 2.29 bits per heavy atom. The molecule has 0 N–H and O–H groups in total. The van der Waals surface area contributed by atoms with Gasteiger partial charge in [0.2, 0.25) is 0 Å². The number of rotatable bonds is 4. The highest BCUT2D eigenvalue weighted by Crippen LogP contribution is 2.33. The van der Waals surface area contributed by atoms with E-state index in [4.69, 9.17) is 9.47 Å². The van der Waals surface area contributed by atoms with Crippen molar-refractivity contribution in [3.63, 3.8) is 0 Å². The van der Waals surface area contributed by atoms with Gasteiger partial charge in [-0.25, -0.2) is 4.98 Å². The number of hydrogen-bond acceptors (Lipinski definition) is 5. The lowest BCUT2D eigenvalue weighted by Crippen LogP contribution is -2.43. The molecule has 4 heterocycles. The van der Waals surface area contributed by atoms with E-state index in [1.54, 1.807) is 0 Å². The van der Waals surface area contributed by atoms with Crippen LogP contribution in [0.4, 0.5) is 0 Å². The van der Waals surface area contributed by atoms with Crippen LogP contribution in [-0.2, 0) is 22.6 Å². The minimum absolute atomic E-state index is 0.177. The van der Waals surface area contributed by atoms with Gasteiger partial charge in [0, 0.05) is 56.9 Å². The molecule has 128 valence electrons. The monoisotopic (exact) mass is 328 g/mol. The Hall–Kier alpha value is -1.76. The van der Waals surface area contributed by atoms with E-state index in [0.717, 1.165) is 45.8 Å². The molecule has 2 aromatic rings.